The highest BCUT2D eigenvalue weighted by Gasteiger charge is 2.76. The fourth-order valence-electron chi connectivity index (χ4n) is 10.6. The summed E-state index contributed by atoms with van der Waals surface area (Å²) in [6.45, 7) is 10.1. The fraction of sp³-hybridized carbons (Fsp3) is 0.521. The topological polar surface area (TPSA) is 123 Å². The average Bonchev–Trinajstić information content (AvgIpc) is 3.63. The van der Waals surface area contributed by atoms with Gasteiger partial charge in [0.2, 0.25) is 0 Å². The number of benzene rings is 3. The zero-order chi connectivity index (χ0) is 41.0. The fourth-order valence-corrected chi connectivity index (χ4v) is 10.6. The van der Waals surface area contributed by atoms with Gasteiger partial charge < -0.3 is 29.3 Å². The lowest BCUT2D eigenvalue weighted by molar-refractivity contribution is -0.178. The highest BCUT2D eigenvalue weighted by Crippen LogP contribution is 2.66. The SMILES string of the molecule is COc1ccc(CN(CC2(O)CCC3c4ccc(cc4C(=O)c4ccccc4)CC(O)CCC(C)=CCCC32C)C(=O)C23CCC(C)(C(=O)O2)C3(C)C)c(OC)c1. The zero-order valence-electron chi connectivity index (χ0n) is 34.7. The van der Waals surface area contributed by atoms with Gasteiger partial charge in [-0.05, 0) is 107 Å². The molecule has 304 valence electrons. The molecule has 3 fully saturated rings. The molecule has 6 unspecified atom stereocenters. The second-order valence-corrected chi connectivity index (χ2v) is 18.2. The van der Waals surface area contributed by atoms with E-state index in [-0.39, 0.29) is 36.7 Å². The molecular weight excluding hydrogens is 719 g/mol. The molecule has 1 saturated heterocycles. The number of methoxy groups -OCH3 is 2. The van der Waals surface area contributed by atoms with E-state index in [9.17, 15) is 19.8 Å². The first kappa shape index (κ1) is 40.7. The number of esters is 1. The van der Waals surface area contributed by atoms with E-state index >= 15 is 4.79 Å². The molecule has 8 rings (SSSR count). The molecule has 4 aliphatic carbocycles. The van der Waals surface area contributed by atoms with Gasteiger partial charge in [-0.25, -0.2) is 0 Å². The standard InChI is InChI=1S/C48H59NO8/c1-31-12-11-22-45(4)39(37-20-16-32(26-35(50)18-15-31)27-38(37)41(51)33-13-9-8-10-14-33)21-23-47(45,54)30-49(29-34-17-19-36(55-6)28-40(34)56-7)42(52)48-25-24-46(5,43(53)57-48)44(48,2)3/h8-10,12-14,16-17,19-20,27-28,35,39,50,54H,11,15,18,21-26,29-30H2,1-7H3. The predicted molar refractivity (Wildman–Crippen MR) is 218 cm³/mol. The lowest BCUT2D eigenvalue weighted by Crippen LogP contribution is -2.60. The average molecular weight is 778 g/mol. The van der Waals surface area contributed by atoms with Crippen molar-refractivity contribution in [3.8, 4) is 11.5 Å². The maximum absolute atomic E-state index is 15.4. The smallest absolute Gasteiger partial charge is 0.313 e. The van der Waals surface area contributed by atoms with Crippen LogP contribution in [0.4, 0.5) is 0 Å². The number of carbonyl (C=O) groups is 3. The number of aliphatic hydroxyl groups is 2. The van der Waals surface area contributed by atoms with Gasteiger partial charge >= 0.3 is 5.97 Å². The molecule has 6 atom stereocenters. The van der Waals surface area contributed by atoms with Crippen LogP contribution in [0.15, 0.2) is 78.4 Å². The van der Waals surface area contributed by atoms with Crippen molar-refractivity contribution in [3.63, 3.8) is 0 Å². The third-order valence-corrected chi connectivity index (χ3v) is 15.0. The van der Waals surface area contributed by atoms with E-state index in [1.165, 1.54) is 5.57 Å². The second-order valence-electron chi connectivity index (χ2n) is 18.2. The summed E-state index contributed by atoms with van der Waals surface area (Å²) >= 11 is 0. The Balaban J connectivity index is 1.34. The summed E-state index contributed by atoms with van der Waals surface area (Å²) in [5, 5.41) is 24.4. The normalized spacial score (nSPS) is 30.5. The van der Waals surface area contributed by atoms with E-state index in [1.54, 1.807) is 25.2 Å². The van der Waals surface area contributed by atoms with Gasteiger partial charge in [-0.2, -0.15) is 0 Å². The molecule has 3 aromatic carbocycles. The largest absolute Gasteiger partial charge is 0.497 e. The van der Waals surface area contributed by atoms with Gasteiger partial charge in [0, 0.05) is 40.1 Å². The van der Waals surface area contributed by atoms with Gasteiger partial charge in [0.15, 0.2) is 11.4 Å². The van der Waals surface area contributed by atoms with Crippen molar-refractivity contribution in [2.24, 2.45) is 16.2 Å². The first-order chi connectivity index (χ1) is 27.0. The van der Waals surface area contributed by atoms with E-state index < -0.39 is 33.6 Å². The number of ketones is 1. The number of carbonyl (C=O) groups excluding carboxylic acids is 3. The first-order valence-electron chi connectivity index (χ1n) is 20.5. The van der Waals surface area contributed by atoms with Crippen molar-refractivity contribution in [3.05, 3.63) is 106 Å². The summed E-state index contributed by atoms with van der Waals surface area (Å²) in [6, 6.07) is 20.7. The minimum Gasteiger partial charge on any atom is -0.497 e. The predicted octanol–water partition coefficient (Wildman–Crippen LogP) is 8.12. The van der Waals surface area contributed by atoms with Crippen LogP contribution < -0.4 is 9.47 Å². The van der Waals surface area contributed by atoms with Crippen molar-refractivity contribution >= 4 is 17.7 Å². The van der Waals surface area contributed by atoms with Crippen LogP contribution >= 0.6 is 0 Å². The number of allylic oxidation sites excluding steroid dienone is 2. The first-order valence-corrected chi connectivity index (χ1v) is 20.5. The van der Waals surface area contributed by atoms with E-state index in [4.69, 9.17) is 14.2 Å². The van der Waals surface area contributed by atoms with Crippen molar-refractivity contribution in [1.29, 1.82) is 0 Å². The minimum absolute atomic E-state index is 0.0188. The minimum atomic E-state index is -1.40. The maximum atomic E-state index is 15.4. The van der Waals surface area contributed by atoms with Crippen molar-refractivity contribution in [2.75, 3.05) is 20.8 Å². The molecule has 9 heteroatoms. The molecule has 0 spiro atoms. The van der Waals surface area contributed by atoms with Gasteiger partial charge in [0.1, 0.15) is 11.5 Å². The summed E-state index contributed by atoms with van der Waals surface area (Å²) < 4.78 is 17.5. The Morgan fingerprint density at radius 1 is 0.912 bits per heavy atom. The Labute approximate surface area is 337 Å². The number of hydrogen-bond donors (Lipinski definition) is 2. The molecule has 9 nitrogen and oxygen atoms in total. The molecule has 2 N–H and O–H groups in total. The number of rotatable bonds is 9. The Bertz CT molecular complexity index is 2080. The lowest BCUT2D eigenvalue weighted by Gasteiger charge is -2.47. The summed E-state index contributed by atoms with van der Waals surface area (Å²) in [5.41, 5.74) is -0.389. The Morgan fingerprint density at radius 3 is 2.33 bits per heavy atom. The van der Waals surface area contributed by atoms with Gasteiger partial charge in [-0.1, -0.05) is 74.9 Å². The number of amides is 1. The molecule has 57 heavy (non-hydrogen) atoms. The van der Waals surface area contributed by atoms with Crippen molar-refractivity contribution in [1.82, 2.24) is 4.90 Å². The van der Waals surface area contributed by atoms with Crippen LogP contribution in [-0.4, -0.2) is 70.8 Å². The lowest BCUT2D eigenvalue weighted by atomic mass is 9.64. The van der Waals surface area contributed by atoms with Gasteiger partial charge in [0.25, 0.3) is 5.91 Å². The van der Waals surface area contributed by atoms with Crippen LogP contribution in [0.2, 0.25) is 0 Å². The quantitative estimate of drug-likeness (QED) is 0.127. The van der Waals surface area contributed by atoms with Gasteiger partial charge in [0.05, 0.1) is 37.9 Å². The third kappa shape index (κ3) is 6.68. The molecule has 2 saturated carbocycles. The van der Waals surface area contributed by atoms with E-state index in [1.807, 2.05) is 81.4 Å². The van der Waals surface area contributed by atoms with E-state index in [0.717, 1.165) is 23.1 Å². The molecule has 0 radical (unpaired) electrons. The maximum Gasteiger partial charge on any atom is 0.313 e. The number of ether oxygens (including phenoxy) is 3. The number of fused-ring (bicyclic) bond motifs is 10. The number of hydrogen-bond acceptors (Lipinski definition) is 8. The molecule has 4 bridgehead atoms. The van der Waals surface area contributed by atoms with Crippen LogP contribution in [0.3, 0.4) is 0 Å². The van der Waals surface area contributed by atoms with E-state index in [0.29, 0.717) is 74.0 Å². The Morgan fingerprint density at radius 2 is 1.67 bits per heavy atom. The van der Waals surface area contributed by atoms with Crippen LogP contribution in [0.5, 0.6) is 11.5 Å². The Hall–Kier alpha value is -4.47. The molecule has 1 amide bonds. The zero-order valence-corrected chi connectivity index (χ0v) is 34.7. The monoisotopic (exact) mass is 777 g/mol. The molecule has 5 aliphatic rings. The highest BCUT2D eigenvalue weighted by atomic mass is 16.6. The van der Waals surface area contributed by atoms with Gasteiger partial charge in [-0.3, -0.25) is 14.4 Å². The van der Waals surface area contributed by atoms with Crippen molar-refractivity contribution in [2.45, 2.75) is 122 Å². The van der Waals surface area contributed by atoms with Crippen LogP contribution in [-0.2, 0) is 27.3 Å². The number of nitrogens with zero attached hydrogens (tertiary/aromatic N) is 1. The second kappa shape index (κ2) is 15.0. The Kier molecular flexibility index (Phi) is 10.7. The molecule has 3 aromatic rings. The molecule has 1 aliphatic heterocycles. The number of aliphatic hydroxyl groups excluding tert-OH is 1. The molecule has 1 heterocycles. The summed E-state index contributed by atoms with van der Waals surface area (Å²) in [7, 11) is 3.16. The summed E-state index contributed by atoms with van der Waals surface area (Å²) in [6.07, 6.45) is 6.59. The summed E-state index contributed by atoms with van der Waals surface area (Å²) in [5.74, 6) is 0.139. The van der Waals surface area contributed by atoms with Crippen molar-refractivity contribution < 1.29 is 38.8 Å². The van der Waals surface area contributed by atoms with Gasteiger partial charge in [-0.15, -0.1) is 0 Å². The van der Waals surface area contributed by atoms with Crippen LogP contribution in [0, 0.1) is 16.2 Å². The highest BCUT2D eigenvalue weighted by molar-refractivity contribution is 6.10. The molecule has 0 aromatic heterocycles. The summed E-state index contributed by atoms with van der Waals surface area (Å²) in [4.78, 5) is 45.0. The van der Waals surface area contributed by atoms with Crippen LogP contribution in [0.1, 0.15) is 125 Å². The third-order valence-electron chi connectivity index (χ3n) is 15.0. The molecular formula is C48H59NO8. The van der Waals surface area contributed by atoms with E-state index in [2.05, 4.69) is 19.9 Å². The van der Waals surface area contributed by atoms with Crippen LogP contribution in [0.25, 0.3) is 0 Å².